The fourth-order valence-corrected chi connectivity index (χ4v) is 4.05. The largest absolute Gasteiger partial charge is 0.369 e. The van der Waals surface area contributed by atoms with Crippen LogP contribution in [0, 0.1) is 11.8 Å². The second-order valence-corrected chi connectivity index (χ2v) is 6.52. The average Bonchev–Trinajstić information content (AvgIpc) is 2.24. The quantitative estimate of drug-likeness (QED) is 0.766. The van der Waals surface area contributed by atoms with Crippen molar-refractivity contribution in [3.8, 4) is 0 Å². The summed E-state index contributed by atoms with van der Waals surface area (Å²) in [5, 5.41) is 4.17. The fourth-order valence-electron chi connectivity index (χ4n) is 2.82. The number of carbonyl (C=O) groups excluding carboxylic acids is 1. The van der Waals surface area contributed by atoms with Gasteiger partial charge in [-0.1, -0.05) is 20.8 Å². The molecule has 4 unspecified atom stereocenters. The SMILES string of the molecule is CCCNC1CC(C)CC(C)C1SCC(N)=O. The van der Waals surface area contributed by atoms with E-state index < -0.39 is 0 Å². The summed E-state index contributed by atoms with van der Waals surface area (Å²) in [5.41, 5.74) is 5.25. The molecule has 3 N–H and O–H groups in total. The van der Waals surface area contributed by atoms with Crippen LogP contribution in [0.3, 0.4) is 0 Å². The van der Waals surface area contributed by atoms with Crippen LogP contribution >= 0.6 is 11.8 Å². The summed E-state index contributed by atoms with van der Waals surface area (Å²) in [4.78, 5) is 10.9. The van der Waals surface area contributed by atoms with Crippen molar-refractivity contribution in [2.24, 2.45) is 17.6 Å². The Kier molecular flexibility index (Phi) is 6.34. The van der Waals surface area contributed by atoms with E-state index in [1.165, 1.54) is 12.8 Å². The van der Waals surface area contributed by atoms with Gasteiger partial charge >= 0.3 is 0 Å². The highest BCUT2D eigenvalue weighted by Gasteiger charge is 2.33. The second-order valence-electron chi connectivity index (χ2n) is 5.36. The van der Waals surface area contributed by atoms with Gasteiger partial charge in [-0.25, -0.2) is 0 Å². The van der Waals surface area contributed by atoms with Crippen molar-refractivity contribution < 1.29 is 4.79 Å². The molecule has 0 radical (unpaired) electrons. The molecule has 0 bridgehead atoms. The van der Waals surface area contributed by atoms with Crippen LogP contribution < -0.4 is 11.1 Å². The Morgan fingerprint density at radius 2 is 2.12 bits per heavy atom. The molecular formula is C13H26N2OS. The number of nitrogens with one attached hydrogen (secondary N) is 1. The number of primary amides is 1. The predicted molar refractivity (Wildman–Crippen MR) is 75.1 cm³/mol. The maximum absolute atomic E-state index is 10.9. The zero-order valence-corrected chi connectivity index (χ0v) is 12.1. The number of amides is 1. The molecule has 0 heterocycles. The van der Waals surface area contributed by atoms with E-state index in [1.807, 2.05) is 0 Å². The first-order valence-electron chi connectivity index (χ1n) is 6.67. The van der Waals surface area contributed by atoms with E-state index in [0.29, 0.717) is 23.0 Å². The summed E-state index contributed by atoms with van der Waals surface area (Å²) in [7, 11) is 0. The fraction of sp³-hybridized carbons (Fsp3) is 0.923. The molecule has 0 aromatic rings. The van der Waals surface area contributed by atoms with Crippen LogP contribution in [0.4, 0.5) is 0 Å². The smallest absolute Gasteiger partial charge is 0.227 e. The van der Waals surface area contributed by atoms with Crippen LogP contribution in [0.25, 0.3) is 0 Å². The molecule has 0 aromatic carbocycles. The monoisotopic (exact) mass is 258 g/mol. The first kappa shape index (κ1) is 14.8. The van der Waals surface area contributed by atoms with Crippen LogP contribution in [-0.4, -0.2) is 29.5 Å². The van der Waals surface area contributed by atoms with E-state index in [0.717, 1.165) is 18.9 Å². The predicted octanol–water partition coefficient (Wildman–Crippen LogP) is 2.01. The molecule has 4 atom stereocenters. The molecule has 4 heteroatoms. The van der Waals surface area contributed by atoms with Crippen LogP contribution in [0.5, 0.6) is 0 Å². The van der Waals surface area contributed by atoms with Crippen molar-refractivity contribution in [3.05, 3.63) is 0 Å². The molecule has 17 heavy (non-hydrogen) atoms. The summed E-state index contributed by atoms with van der Waals surface area (Å²) in [6.07, 6.45) is 3.65. The van der Waals surface area contributed by atoms with Gasteiger partial charge in [0.2, 0.25) is 5.91 Å². The van der Waals surface area contributed by atoms with Gasteiger partial charge in [-0.15, -0.1) is 11.8 Å². The number of hydrogen-bond acceptors (Lipinski definition) is 3. The van der Waals surface area contributed by atoms with Crippen LogP contribution in [0.15, 0.2) is 0 Å². The zero-order chi connectivity index (χ0) is 12.8. The van der Waals surface area contributed by atoms with Crippen molar-refractivity contribution in [2.75, 3.05) is 12.3 Å². The van der Waals surface area contributed by atoms with Gasteiger partial charge in [-0.05, 0) is 37.6 Å². The molecular weight excluding hydrogens is 232 g/mol. The number of carbonyl (C=O) groups is 1. The molecule has 1 aliphatic rings. The molecule has 100 valence electrons. The van der Waals surface area contributed by atoms with E-state index >= 15 is 0 Å². The van der Waals surface area contributed by atoms with E-state index in [9.17, 15) is 4.79 Å². The summed E-state index contributed by atoms with van der Waals surface area (Å²) in [5.74, 6) is 1.70. The molecule has 1 amide bonds. The number of nitrogens with two attached hydrogens (primary N) is 1. The summed E-state index contributed by atoms with van der Waals surface area (Å²) < 4.78 is 0. The Bertz CT molecular complexity index is 248. The molecule has 0 aromatic heterocycles. The minimum absolute atomic E-state index is 0.199. The molecule has 1 aliphatic carbocycles. The van der Waals surface area contributed by atoms with Crippen LogP contribution in [0.2, 0.25) is 0 Å². The standard InChI is InChI=1S/C13H26N2OS/c1-4-5-15-11-7-9(2)6-10(3)13(11)17-8-12(14)16/h9-11,13,15H,4-8H2,1-3H3,(H2,14,16). The maximum atomic E-state index is 10.9. The van der Waals surface area contributed by atoms with Gasteiger partial charge in [0, 0.05) is 11.3 Å². The van der Waals surface area contributed by atoms with E-state index in [-0.39, 0.29) is 5.91 Å². The third-order valence-corrected chi connectivity index (χ3v) is 5.09. The minimum atomic E-state index is -0.199. The summed E-state index contributed by atoms with van der Waals surface area (Å²) in [6.45, 7) is 7.88. The Balaban J connectivity index is 2.55. The summed E-state index contributed by atoms with van der Waals surface area (Å²) in [6, 6.07) is 0.540. The van der Waals surface area contributed by atoms with Crippen molar-refractivity contribution in [1.29, 1.82) is 0 Å². The highest BCUT2D eigenvalue weighted by Crippen LogP contribution is 2.36. The maximum Gasteiger partial charge on any atom is 0.227 e. The van der Waals surface area contributed by atoms with Gasteiger partial charge in [0.05, 0.1) is 5.75 Å². The van der Waals surface area contributed by atoms with Crippen LogP contribution in [0.1, 0.15) is 40.0 Å². The van der Waals surface area contributed by atoms with Crippen molar-refractivity contribution in [1.82, 2.24) is 5.32 Å². The van der Waals surface area contributed by atoms with Crippen molar-refractivity contribution in [3.63, 3.8) is 0 Å². The first-order chi connectivity index (χ1) is 8.04. The van der Waals surface area contributed by atoms with E-state index in [1.54, 1.807) is 11.8 Å². The molecule has 0 aliphatic heterocycles. The van der Waals surface area contributed by atoms with Gasteiger partial charge < -0.3 is 11.1 Å². The third kappa shape index (κ3) is 4.88. The van der Waals surface area contributed by atoms with Gasteiger partial charge in [0.1, 0.15) is 0 Å². The molecule has 3 nitrogen and oxygen atoms in total. The lowest BCUT2D eigenvalue weighted by molar-refractivity contribution is -0.115. The third-order valence-electron chi connectivity index (χ3n) is 3.46. The Morgan fingerprint density at radius 3 is 2.71 bits per heavy atom. The molecule has 1 fully saturated rings. The lowest BCUT2D eigenvalue weighted by Crippen LogP contribution is -2.47. The van der Waals surface area contributed by atoms with Gasteiger partial charge in [0.25, 0.3) is 0 Å². The Hall–Kier alpha value is -0.220. The first-order valence-corrected chi connectivity index (χ1v) is 7.72. The van der Waals surface area contributed by atoms with Crippen molar-refractivity contribution in [2.45, 2.75) is 51.3 Å². The zero-order valence-electron chi connectivity index (χ0n) is 11.2. The van der Waals surface area contributed by atoms with Gasteiger partial charge in [-0.3, -0.25) is 4.79 Å². The van der Waals surface area contributed by atoms with Gasteiger partial charge in [0.15, 0.2) is 0 Å². The normalized spacial score (nSPS) is 33.6. The molecule has 0 spiro atoms. The van der Waals surface area contributed by atoms with E-state index in [4.69, 9.17) is 5.73 Å². The number of thioether (sulfide) groups is 1. The Labute approximate surface area is 109 Å². The van der Waals surface area contributed by atoms with Crippen molar-refractivity contribution >= 4 is 17.7 Å². The summed E-state index contributed by atoms with van der Waals surface area (Å²) >= 11 is 1.74. The number of rotatable bonds is 6. The second kappa shape index (κ2) is 7.27. The van der Waals surface area contributed by atoms with Crippen LogP contribution in [-0.2, 0) is 4.79 Å². The van der Waals surface area contributed by atoms with Gasteiger partial charge in [-0.2, -0.15) is 0 Å². The highest BCUT2D eigenvalue weighted by molar-refractivity contribution is 8.00. The lowest BCUT2D eigenvalue weighted by atomic mass is 9.80. The Morgan fingerprint density at radius 1 is 1.41 bits per heavy atom. The highest BCUT2D eigenvalue weighted by atomic mass is 32.2. The number of hydrogen-bond donors (Lipinski definition) is 2. The minimum Gasteiger partial charge on any atom is -0.369 e. The average molecular weight is 258 g/mol. The lowest BCUT2D eigenvalue weighted by Gasteiger charge is -2.39. The molecule has 1 rings (SSSR count). The topological polar surface area (TPSA) is 55.1 Å². The molecule has 0 saturated heterocycles. The van der Waals surface area contributed by atoms with E-state index in [2.05, 4.69) is 26.1 Å². The molecule has 1 saturated carbocycles.